The van der Waals surface area contributed by atoms with E-state index < -0.39 is 0 Å². The lowest BCUT2D eigenvalue weighted by atomic mass is 9.77. The Hall–Kier alpha value is -9.31. The maximum absolute atomic E-state index is 5.21. The number of aromatic nitrogens is 2. The van der Waals surface area contributed by atoms with Gasteiger partial charge >= 0.3 is 0 Å². The molecular formula is C70H47N3. The Bertz CT molecular complexity index is 4540. The lowest BCUT2D eigenvalue weighted by molar-refractivity contribution is 0.673. The zero-order valence-electron chi connectivity index (χ0n) is 40.5. The zero-order chi connectivity index (χ0) is 48.4. The molecule has 0 atom stereocenters. The average Bonchev–Trinajstić information content (AvgIpc) is 3.91. The van der Waals surface area contributed by atoms with Gasteiger partial charge in [-0.2, -0.15) is 0 Å². The average molecular weight is 930 g/mol. The van der Waals surface area contributed by atoms with Crippen LogP contribution in [0.4, 0.5) is 17.1 Å². The molecule has 3 nitrogen and oxygen atoms in total. The summed E-state index contributed by atoms with van der Waals surface area (Å²) in [5, 5.41) is 15.0. The van der Waals surface area contributed by atoms with Gasteiger partial charge in [-0.1, -0.05) is 196 Å². The molecule has 1 aliphatic carbocycles. The van der Waals surface area contributed by atoms with Gasteiger partial charge in [0.1, 0.15) is 5.82 Å². The first-order chi connectivity index (χ1) is 36.0. The Morgan fingerprint density at radius 1 is 0.342 bits per heavy atom. The van der Waals surface area contributed by atoms with E-state index in [9.17, 15) is 0 Å². The summed E-state index contributed by atoms with van der Waals surface area (Å²) in [4.78, 5) is 7.65. The second-order valence-corrected chi connectivity index (χ2v) is 20.3. The van der Waals surface area contributed by atoms with E-state index >= 15 is 0 Å². The number of anilines is 3. The molecule has 0 spiro atoms. The van der Waals surface area contributed by atoms with E-state index in [-0.39, 0.29) is 5.41 Å². The summed E-state index contributed by atoms with van der Waals surface area (Å²) in [5.41, 5.74) is 15.3. The van der Waals surface area contributed by atoms with E-state index in [2.05, 4.69) is 266 Å². The molecule has 15 rings (SSSR count). The minimum atomic E-state index is -0.373. The Kier molecular flexibility index (Phi) is 9.00. The molecule has 0 amide bonds. The fraction of sp³-hybridized carbons (Fsp3) is 0.0429. The van der Waals surface area contributed by atoms with Crippen molar-refractivity contribution in [3.05, 3.63) is 260 Å². The molecule has 2 heterocycles. The van der Waals surface area contributed by atoms with Crippen molar-refractivity contribution in [3.8, 4) is 39.2 Å². The first kappa shape index (κ1) is 41.5. The first-order valence-electron chi connectivity index (χ1n) is 25.4. The third kappa shape index (κ3) is 6.22. The second kappa shape index (κ2) is 15.8. The molecular weight excluding hydrogens is 883 g/mol. The predicted molar refractivity (Wildman–Crippen MR) is 309 cm³/mol. The Morgan fingerprint density at radius 2 is 0.877 bits per heavy atom. The molecule has 0 N–H and O–H groups in total. The van der Waals surface area contributed by atoms with Crippen molar-refractivity contribution in [1.82, 2.24) is 9.55 Å². The van der Waals surface area contributed by atoms with Gasteiger partial charge in [-0.25, -0.2) is 4.98 Å². The minimum absolute atomic E-state index is 0.373. The highest BCUT2D eigenvalue weighted by Gasteiger charge is 2.40. The van der Waals surface area contributed by atoms with Crippen LogP contribution < -0.4 is 4.90 Å². The van der Waals surface area contributed by atoms with Crippen LogP contribution in [0.2, 0.25) is 0 Å². The number of nitrogens with zero attached hydrogens (tertiary/aromatic N) is 3. The van der Waals surface area contributed by atoms with Gasteiger partial charge in [-0.3, -0.25) is 4.57 Å². The highest BCUT2D eigenvalue weighted by Crippen LogP contribution is 2.57. The van der Waals surface area contributed by atoms with E-state index in [1.165, 1.54) is 98.4 Å². The van der Waals surface area contributed by atoms with Crippen LogP contribution in [0.3, 0.4) is 0 Å². The smallest absolute Gasteiger partial charge is 0.145 e. The van der Waals surface area contributed by atoms with Crippen LogP contribution in [0.25, 0.3) is 115 Å². The standard InChI is InChI=1S/C70H47N3/c1-70(2)67-60(35-34-59-57-25-11-10-23-55(57)56-24-12-13-26-58(56)65(59)67)61-36-38-64-66(68(61)70)62-43-53(33-37-63(62)73(64)69-54-22-9-8-18-47(54)39-40-71-69)72(52-32-29-45-17-6-7-19-50(45)42-52)51-30-27-46(28-31-51)49-21-14-20-48(41-49)44-15-4-3-5-16-44/h3-43H,1-2H3. The van der Waals surface area contributed by atoms with Crippen molar-refractivity contribution < 1.29 is 0 Å². The SMILES string of the molecule is CC1(C)c2c(ccc3c4ccccc4c4ccccc4c23)-c2ccc3c(c21)c1cc(N(c2ccc(-c4cccc(-c5ccccc5)c4)cc2)c2ccc4ccccc4c2)ccc1n3-c1nccc2ccccc12. The molecule has 1 aliphatic rings. The van der Waals surface area contributed by atoms with E-state index in [1.54, 1.807) is 0 Å². The van der Waals surface area contributed by atoms with Gasteiger partial charge in [-0.15, -0.1) is 0 Å². The number of benzene rings is 12. The molecule has 0 unspecified atom stereocenters. The van der Waals surface area contributed by atoms with Gasteiger partial charge < -0.3 is 4.90 Å². The lowest BCUT2D eigenvalue weighted by Gasteiger charge is -2.27. The quantitative estimate of drug-likeness (QED) is 0.155. The maximum atomic E-state index is 5.21. The third-order valence-electron chi connectivity index (χ3n) is 15.9. The van der Waals surface area contributed by atoms with E-state index in [0.29, 0.717) is 0 Å². The second-order valence-electron chi connectivity index (χ2n) is 20.3. The van der Waals surface area contributed by atoms with Crippen LogP contribution >= 0.6 is 0 Å². The predicted octanol–water partition coefficient (Wildman–Crippen LogP) is 19.1. The summed E-state index contributed by atoms with van der Waals surface area (Å²) in [6.07, 6.45) is 1.96. The van der Waals surface area contributed by atoms with Crippen LogP contribution in [0.15, 0.2) is 249 Å². The summed E-state index contributed by atoms with van der Waals surface area (Å²) in [5.74, 6) is 0.931. The molecule has 2 aromatic heterocycles. The van der Waals surface area contributed by atoms with E-state index in [0.717, 1.165) is 44.7 Å². The molecule has 14 aromatic rings. The molecule has 3 heteroatoms. The van der Waals surface area contributed by atoms with Crippen molar-refractivity contribution in [2.75, 3.05) is 4.90 Å². The monoisotopic (exact) mass is 929 g/mol. The lowest BCUT2D eigenvalue weighted by Crippen LogP contribution is -2.16. The number of hydrogen-bond donors (Lipinski definition) is 0. The highest BCUT2D eigenvalue weighted by atomic mass is 15.1. The molecule has 0 saturated carbocycles. The van der Waals surface area contributed by atoms with Gasteiger partial charge in [0.15, 0.2) is 0 Å². The first-order valence-corrected chi connectivity index (χ1v) is 25.4. The van der Waals surface area contributed by atoms with Crippen LogP contribution in [0.1, 0.15) is 25.0 Å². The maximum Gasteiger partial charge on any atom is 0.145 e. The Labute approximate surface area is 423 Å². The summed E-state index contributed by atoms with van der Waals surface area (Å²) in [6.45, 7) is 4.92. The zero-order valence-corrected chi connectivity index (χ0v) is 40.5. The summed E-state index contributed by atoms with van der Waals surface area (Å²) >= 11 is 0. The Morgan fingerprint density at radius 3 is 1.63 bits per heavy atom. The normalized spacial score (nSPS) is 12.9. The van der Waals surface area contributed by atoms with E-state index in [1.807, 2.05) is 6.20 Å². The van der Waals surface area contributed by atoms with Crippen molar-refractivity contribution in [1.29, 1.82) is 0 Å². The van der Waals surface area contributed by atoms with Crippen LogP contribution in [0, 0.1) is 0 Å². The topological polar surface area (TPSA) is 21.1 Å². The fourth-order valence-electron chi connectivity index (χ4n) is 12.7. The molecule has 342 valence electrons. The molecule has 0 bridgehead atoms. The molecule has 73 heavy (non-hydrogen) atoms. The molecule has 12 aromatic carbocycles. The van der Waals surface area contributed by atoms with Gasteiger partial charge in [-0.05, 0) is 154 Å². The fourth-order valence-corrected chi connectivity index (χ4v) is 12.7. The summed E-state index contributed by atoms with van der Waals surface area (Å²) in [7, 11) is 0. The van der Waals surface area contributed by atoms with Gasteiger partial charge in [0, 0.05) is 44.8 Å². The number of rotatable bonds is 6. The van der Waals surface area contributed by atoms with Crippen molar-refractivity contribution >= 4 is 92.7 Å². The van der Waals surface area contributed by atoms with Crippen molar-refractivity contribution in [2.45, 2.75) is 19.3 Å². The van der Waals surface area contributed by atoms with Gasteiger partial charge in [0.2, 0.25) is 0 Å². The van der Waals surface area contributed by atoms with E-state index in [4.69, 9.17) is 4.98 Å². The van der Waals surface area contributed by atoms with Crippen molar-refractivity contribution in [2.24, 2.45) is 0 Å². The molecule has 0 saturated heterocycles. The number of pyridine rings is 1. The van der Waals surface area contributed by atoms with Crippen LogP contribution in [0.5, 0.6) is 0 Å². The largest absolute Gasteiger partial charge is 0.310 e. The van der Waals surface area contributed by atoms with Crippen LogP contribution in [-0.4, -0.2) is 9.55 Å². The summed E-state index contributed by atoms with van der Waals surface area (Å²) < 4.78 is 2.43. The van der Waals surface area contributed by atoms with Crippen LogP contribution in [-0.2, 0) is 5.41 Å². The van der Waals surface area contributed by atoms with Crippen molar-refractivity contribution in [3.63, 3.8) is 0 Å². The molecule has 0 radical (unpaired) electrons. The number of hydrogen-bond acceptors (Lipinski definition) is 2. The highest BCUT2D eigenvalue weighted by molar-refractivity contribution is 6.28. The van der Waals surface area contributed by atoms with Gasteiger partial charge in [0.25, 0.3) is 0 Å². The summed E-state index contributed by atoms with van der Waals surface area (Å²) in [6, 6.07) is 89.4. The molecule has 0 fully saturated rings. The number of fused-ring (bicyclic) bond motifs is 16. The minimum Gasteiger partial charge on any atom is -0.310 e. The van der Waals surface area contributed by atoms with Gasteiger partial charge in [0.05, 0.1) is 11.0 Å². The third-order valence-corrected chi connectivity index (χ3v) is 15.9. The Balaban J connectivity index is 0.986. The molecule has 0 aliphatic heterocycles.